The molecule has 156 valence electrons. The average molecular weight is 404 g/mol. The standard InChI is InChI=1S/C25H29N3O2/c1-5-6-10-16(2)17(3)28-15-20-18(11-9-12-19(20)25(28)29)23-24(30-4)27-22-14-8-7-13-21(22)26-23/h7-9,11-14,16-17H,5-6,10,15H2,1-4H3. The zero-order valence-electron chi connectivity index (χ0n) is 18.2. The van der Waals surface area contributed by atoms with Crippen molar-refractivity contribution in [1.82, 2.24) is 14.9 Å². The van der Waals surface area contributed by atoms with Gasteiger partial charge in [0.1, 0.15) is 5.69 Å². The largest absolute Gasteiger partial charge is 0.479 e. The van der Waals surface area contributed by atoms with E-state index in [1.54, 1.807) is 7.11 Å². The number of rotatable bonds is 7. The van der Waals surface area contributed by atoms with Crippen LogP contribution in [0.1, 0.15) is 56.0 Å². The van der Waals surface area contributed by atoms with Gasteiger partial charge in [-0.1, -0.05) is 51.0 Å². The fraction of sp³-hybridized carbons (Fsp3) is 0.400. The third-order valence-corrected chi connectivity index (χ3v) is 6.31. The molecular formula is C25H29N3O2. The second-order valence-electron chi connectivity index (χ2n) is 8.20. The number of fused-ring (bicyclic) bond motifs is 2. The second kappa shape index (κ2) is 8.42. The highest BCUT2D eigenvalue weighted by Crippen LogP contribution is 2.37. The predicted octanol–water partition coefficient (Wildman–Crippen LogP) is 5.48. The van der Waals surface area contributed by atoms with Gasteiger partial charge in [-0.25, -0.2) is 9.97 Å². The van der Waals surface area contributed by atoms with E-state index in [4.69, 9.17) is 9.72 Å². The number of hydrogen-bond donors (Lipinski definition) is 0. The molecule has 1 amide bonds. The lowest BCUT2D eigenvalue weighted by Crippen LogP contribution is -2.37. The average Bonchev–Trinajstić information content (AvgIpc) is 3.12. The highest BCUT2D eigenvalue weighted by atomic mass is 16.5. The van der Waals surface area contributed by atoms with Crippen LogP contribution in [0, 0.1) is 5.92 Å². The van der Waals surface area contributed by atoms with Crippen LogP contribution in [0.4, 0.5) is 0 Å². The fourth-order valence-electron chi connectivity index (χ4n) is 4.28. The molecule has 1 aliphatic rings. The van der Waals surface area contributed by atoms with Gasteiger partial charge in [0.15, 0.2) is 0 Å². The van der Waals surface area contributed by atoms with Crippen LogP contribution in [0.3, 0.4) is 0 Å². The smallest absolute Gasteiger partial charge is 0.254 e. The summed E-state index contributed by atoms with van der Waals surface area (Å²) in [6.45, 7) is 7.22. The van der Waals surface area contributed by atoms with Gasteiger partial charge in [-0.2, -0.15) is 0 Å². The van der Waals surface area contributed by atoms with Crippen molar-refractivity contribution in [3.63, 3.8) is 0 Å². The Balaban J connectivity index is 1.74. The number of unbranched alkanes of at least 4 members (excludes halogenated alkanes) is 1. The first-order valence-corrected chi connectivity index (χ1v) is 10.8. The molecule has 2 heterocycles. The normalized spacial score (nSPS) is 15.3. The molecular weight excluding hydrogens is 374 g/mol. The summed E-state index contributed by atoms with van der Waals surface area (Å²) in [4.78, 5) is 24.7. The molecule has 2 atom stereocenters. The molecule has 2 aromatic carbocycles. The molecule has 0 radical (unpaired) electrons. The van der Waals surface area contributed by atoms with E-state index >= 15 is 0 Å². The van der Waals surface area contributed by atoms with Gasteiger partial charge in [-0.3, -0.25) is 4.79 Å². The van der Waals surface area contributed by atoms with Crippen LogP contribution in [0.5, 0.6) is 5.88 Å². The quantitative estimate of drug-likeness (QED) is 0.524. The zero-order valence-corrected chi connectivity index (χ0v) is 18.2. The minimum absolute atomic E-state index is 0.107. The van der Waals surface area contributed by atoms with Crippen LogP contribution in [0.2, 0.25) is 0 Å². The summed E-state index contributed by atoms with van der Waals surface area (Å²) in [6, 6.07) is 13.8. The van der Waals surface area contributed by atoms with Crippen LogP contribution in [-0.2, 0) is 6.54 Å². The lowest BCUT2D eigenvalue weighted by atomic mass is 9.96. The third kappa shape index (κ3) is 3.53. The lowest BCUT2D eigenvalue weighted by molar-refractivity contribution is 0.0657. The van der Waals surface area contributed by atoms with Crippen LogP contribution < -0.4 is 4.74 Å². The maximum absolute atomic E-state index is 13.2. The fourth-order valence-corrected chi connectivity index (χ4v) is 4.28. The number of aromatic nitrogens is 2. The number of ether oxygens (including phenoxy) is 1. The van der Waals surface area contributed by atoms with Crippen molar-refractivity contribution in [2.45, 2.75) is 52.6 Å². The van der Waals surface area contributed by atoms with E-state index in [0.717, 1.165) is 34.1 Å². The molecule has 0 N–H and O–H groups in total. The van der Waals surface area contributed by atoms with Crippen molar-refractivity contribution in [2.24, 2.45) is 5.92 Å². The van der Waals surface area contributed by atoms with Crippen molar-refractivity contribution in [1.29, 1.82) is 0 Å². The zero-order chi connectivity index (χ0) is 21.3. The second-order valence-corrected chi connectivity index (χ2v) is 8.20. The number of nitrogens with zero attached hydrogens (tertiary/aromatic N) is 3. The van der Waals surface area contributed by atoms with Gasteiger partial charge in [-0.05, 0) is 43.0 Å². The Morgan fingerprint density at radius 3 is 2.43 bits per heavy atom. The highest BCUT2D eigenvalue weighted by molar-refractivity contribution is 6.01. The van der Waals surface area contributed by atoms with E-state index in [9.17, 15) is 4.79 Å². The molecule has 0 aliphatic carbocycles. The minimum atomic E-state index is 0.107. The number of methoxy groups -OCH3 is 1. The molecule has 2 unspecified atom stereocenters. The molecule has 30 heavy (non-hydrogen) atoms. The van der Waals surface area contributed by atoms with Gasteiger partial charge in [0, 0.05) is 23.7 Å². The molecule has 1 aliphatic heterocycles. The topological polar surface area (TPSA) is 55.3 Å². The maximum Gasteiger partial charge on any atom is 0.254 e. The number of carbonyl (C=O) groups excluding carboxylic acids is 1. The Hall–Kier alpha value is -2.95. The molecule has 5 nitrogen and oxygen atoms in total. The first-order valence-electron chi connectivity index (χ1n) is 10.8. The van der Waals surface area contributed by atoms with Crippen molar-refractivity contribution < 1.29 is 9.53 Å². The summed E-state index contributed by atoms with van der Waals surface area (Å²) < 4.78 is 5.58. The van der Waals surface area contributed by atoms with Gasteiger partial charge in [-0.15, -0.1) is 0 Å². The summed E-state index contributed by atoms with van der Waals surface area (Å²) >= 11 is 0. The van der Waals surface area contributed by atoms with E-state index in [1.807, 2.05) is 47.4 Å². The van der Waals surface area contributed by atoms with Crippen molar-refractivity contribution in [3.8, 4) is 17.1 Å². The Labute approximate surface area is 178 Å². The van der Waals surface area contributed by atoms with Crippen molar-refractivity contribution >= 4 is 16.9 Å². The molecule has 1 aromatic heterocycles. The number of carbonyl (C=O) groups is 1. The molecule has 0 saturated carbocycles. The van der Waals surface area contributed by atoms with Crippen molar-refractivity contribution in [2.75, 3.05) is 7.11 Å². The van der Waals surface area contributed by atoms with E-state index in [2.05, 4.69) is 25.8 Å². The SMILES string of the molecule is CCCCC(C)C(C)N1Cc2c(cccc2-c2nc3ccccc3nc2OC)C1=O. The van der Waals surface area contributed by atoms with Crippen LogP contribution in [0.25, 0.3) is 22.3 Å². The number of benzene rings is 2. The Morgan fingerprint density at radius 1 is 1.03 bits per heavy atom. The molecule has 0 fully saturated rings. The summed E-state index contributed by atoms with van der Waals surface area (Å²) in [5, 5.41) is 0. The highest BCUT2D eigenvalue weighted by Gasteiger charge is 2.35. The van der Waals surface area contributed by atoms with Gasteiger partial charge in [0.05, 0.1) is 18.1 Å². The van der Waals surface area contributed by atoms with E-state index in [1.165, 1.54) is 12.8 Å². The first kappa shape index (κ1) is 20.3. The van der Waals surface area contributed by atoms with Gasteiger partial charge < -0.3 is 9.64 Å². The van der Waals surface area contributed by atoms with Crippen molar-refractivity contribution in [3.05, 3.63) is 53.6 Å². The Bertz CT molecular complexity index is 1080. The maximum atomic E-state index is 13.2. The third-order valence-electron chi connectivity index (χ3n) is 6.31. The number of hydrogen-bond acceptors (Lipinski definition) is 4. The van der Waals surface area contributed by atoms with Gasteiger partial charge in [0.25, 0.3) is 5.91 Å². The van der Waals surface area contributed by atoms with Gasteiger partial charge in [0.2, 0.25) is 5.88 Å². The molecule has 0 spiro atoms. The number of para-hydroxylation sites is 2. The summed E-state index contributed by atoms with van der Waals surface area (Å²) in [6.07, 6.45) is 3.50. The summed E-state index contributed by atoms with van der Waals surface area (Å²) in [7, 11) is 1.61. The Morgan fingerprint density at radius 2 is 1.73 bits per heavy atom. The number of amides is 1. The van der Waals surface area contributed by atoms with Gasteiger partial charge >= 0.3 is 0 Å². The Kier molecular flexibility index (Phi) is 5.71. The lowest BCUT2D eigenvalue weighted by Gasteiger charge is -2.29. The van der Waals surface area contributed by atoms with E-state index in [0.29, 0.717) is 24.0 Å². The first-order chi connectivity index (χ1) is 14.5. The van der Waals surface area contributed by atoms with E-state index < -0.39 is 0 Å². The monoisotopic (exact) mass is 403 g/mol. The molecule has 3 aromatic rings. The summed E-state index contributed by atoms with van der Waals surface area (Å²) in [5.74, 6) is 1.05. The minimum Gasteiger partial charge on any atom is -0.479 e. The van der Waals surface area contributed by atoms with E-state index in [-0.39, 0.29) is 11.9 Å². The summed E-state index contributed by atoms with van der Waals surface area (Å²) in [5.41, 5.74) is 5.00. The molecule has 4 rings (SSSR count). The molecule has 0 bridgehead atoms. The molecule has 5 heteroatoms. The van der Waals surface area contributed by atoms with Crippen LogP contribution in [0.15, 0.2) is 42.5 Å². The predicted molar refractivity (Wildman–Crippen MR) is 120 cm³/mol. The molecule has 0 saturated heterocycles. The van der Waals surface area contributed by atoms with Crippen LogP contribution >= 0.6 is 0 Å². The van der Waals surface area contributed by atoms with Crippen LogP contribution in [-0.4, -0.2) is 33.9 Å².